The molecule has 0 radical (unpaired) electrons. The molecule has 2 aromatic carbocycles. The summed E-state index contributed by atoms with van der Waals surface area (Å²) in [6.45, 7) is 1.45. The number of ether oxygens (including phenoxy) is 2. The third kappa shape index (κ3) is 3.33. The lowest BCUT2D eigenvalue weighted by Gasteiger charge is -2.24. The van der Waals surface area contributed by atoms with Crippen LogP contribution in [-0.2, 0) is 4.79 Å². The van der Waals surface area contributed by atoms with E-state index in [0.29, 0.717) is 34.1 Å². The van der Waals surface area contributed by atoms with Gasteiger partial charge in [-0.1, -0.05) is 24.3 Å². The molecule has 1 atom stereocenters. The van der Waals surface area contributed by atoms with Crippen molar-refractivity contribution >= 4 is 11.6 Å². The average Bonchev–Trinajstić information content (AvgIpc) is 3.16. The number of methoxy groups -OCH3 is 1. The van der Waals surface area contributed by atoms with Crippen molar-refractivity contribution in [2.45, 2.75) is 12.8 Å². The third-order valence-corrected chi connectivity index (χ3v) is 4.86. The van der Waals surface area contributed by atoms with Crippen LogP contribution < -0.4 is 20.5 Å². The van der Waals surface area contributed by atoms with Crippen molar-refractivity contribution in [2.75, 3.05) is 12.4 Å². The SMILES string of the molecule is COc1cccc(-c2[nH]nc3c2[C@@H](c2ccc(NC(C)=O)cc2)C(C#N)=C(N)O3)c1. The first-order chi connectivity index (χ1) is 14.5. The zero-order valence-corrected chi connectivity index (χ0v) is 16.4. The van der Waals surface area contributed by atoms with Crippen LogP contribution in [0.25, 0.3) is 11.3 Å². The molecule has 8 nitrogen and oxygen atoms in total. The zero-order chi connectivity index (χ0) is 21.3. The molecular formula is C22H19N5O3. The van der Waals surface area contributed by atoms with E-state index in [4.69, 9.17) is 15.2 Å². The number of amides is 1. The van der Waals surface area contributed by atoms with E-state index in [9.17, 15) is 10.1 Å². The fourth-order valence-electron chi connectivity index (χ4n) is 3.54. The molecule has 3 aromatic rings. The Kier molecular flexibility index (Phi) is 4.86. The molecule has 0 spiro atoms. The van der Waals surface area contributed by atoms with Crippen LogP contribution in [0.4, 0.5) is 5.69 Å². The topological polar surface area (TPSA) is 126 Å². The lowest BCUT2D eigenvalue weighted by Crippen LogP contribution is -2.21. The van der Waals surface area contributed by atoms with Gasteiger partial charge in [-0.15, -0.1) is 5.10 Å². The monoisotopic (exact) mass is 401 g/mol. The Balaban J connectivity index is 1.85. The molecule has 0 saturated carbocycles. The number of hydrogen-bond acceptors (Lipinski definition) is 6. The molecule has 1 aliphatic rings. The van der Waals surface area contributed by atoms with Crippen LogP contribution >= 0.6 is 0 Å². The van der Waals surface area contributed by atoms with E-state index in [0.717, 1.165) is 11.1 Å². The number of aromatic nitrogens is 2. The van der Waals surface area contributed by atoms with Crippen molar-refractivity contribution in [2.24, 2.45) is 5.73 Å². The van der Waals surface area contributed by atoms with Crippen LogP contribution in [-0.4, -0.2) is 23.2 Å². The first-order valence-corrected chi connectivity index (χ1v) is 9.19. The van der Waals surface area contributed by atoms with Crippen LogP contribution in [0.2, 0.25) is 0 Å². The summed E-state index contributed by atoms with van der Waals surface area (Å²) >= 11 is 0. The number of anilines is 1. The molecule has 0 aliphatic carbocycles. The predicted molar refractivity (Wildman–Crippen MR) is 111 cm³/mol. The summed E-state index contributed by atoms with van der Waals surface area (Å²) in [6.07, 6.45) is 0. The number of benzene rings is 2. The van der Waals surface area contributed by atoms with Gasteiger partial charge in [-0.2, -0.15) is 5.26 Å². The molecule has 0 fully saturated rings. The second-order valence-corrected chi connectivity index (χ2v) is 6.78. The molecule has 1 aliphatic heterocycles. The fraction of sp³-hybridized carbons (Fsp3) is 0.136. The van der Waals surface area contributed by atoms with Gasteiger partial charge < -0.3 is 20.5 Å². The maximum absolute atomic E-state index is 11.3. The van der Waals surface area contributed by atoms with Crippen LogP contribution in [0.5, 0.6) is 11.6 Å². The van der Waals surface area contributed by atoms with E-state index >= 15 is 0 Å². The van der Waals surface area contributed by atoms with Gasteiger partial charge >= 0.3 is 0 Å². The summed E-state index contributed by atoms with van der Waals surface area (Å²) in [6, 6.07) is 16.9. The number of aromatic amines is 1. The number of nitrogens with two attached hydrogens (primary N) is 1. The Labute approximate surface area is 172 Å². The van der Waals surface area contributed by atoms with Crippen LogP contribution in [0.15, 0.2) is 60.0 Å². The molecule has 8 heteroatoms. The van der Waals surface area contributed by atoms with E-state index in [1.54, 1.807) is 19.2 Å². The highest BCUT2D eigenvalue weighted by atomic mass is 16.5. The first kappa shape index (κ1) is 19.1. The number of carbonyl (C=O) groups is 1. The van der Waals surface area contributed by atoms with Gasteiger partial charge in [0.1, 0.15) is 17.4 Å². The highest BCUT2D eigenvalue weighted by molar-refractivity contribution is 5.88. The van der Waals surface area contributed by atoms with Crippen molar-refractivity contribution in [1.29, 1.82) is 5.26 Å². The van der Waals surface area contributed by atoms with Gasteiger partial charge in [-0.3, -0.25) is 9.89 Å². The number of nitriles is 1. The van der Waals surface area contributed by atoms with Crippen molar-refractivity contribution in [3.8, 4) is 29.0 Å². The number of H-pyrrole nitrogens is 1. The van der Waals surface area contributed by atoms with Crippen LogP contribution in [0.3, 0.4) is 0 Å². The second-order valence-electron chi connectivity index (χ2n) is 6.78. The van der Waals surface area contributed by atoms with Crippen LogP contribution in [0.1, 0.15) is 24.0 Å². The lowest BCUT2D eigenvalue weighted by atomic mass is 9.83. The minimum Gasteiger partial charge on any atom is -0.497 e. The number of allylic oxidation sites excluding steroid dienone is 1. The van der Waals surface area contributed by atoms with E-state index in [1.807, 2.05) is 36.4 Å². The Bertz CT molecular complexity index is 1190. The molecule has 2 heterocycles. The van der Waals surface area contributed by atoms with Crippen molar-refractivity contribution in [3.05, 3.63) is 71.1 Å². The number of carbonyl (C=O) groups excluding carboxylic acids is 1. The quantitative estimate of drug-likeness (QED) is 0.616. The highest BCUT2D eigenvalue weighted by Crippen LogP contribution is 2.46. The Morgan fingerprint density at radius 2 is 2.07 bits per heavy atom. The predicted octanol–water partition coefficient (Wildman–Crippen LogP) is 3.26. The summed E-state index contributed by atoms with van der Waals surface area (Å²) in [7, 11) is 1.60. The van der Waals surface area contributed by atoms with Crippen molar-refractivity contribution < 1.29 is 14.3 Å². The molecule has 1 amide bonds. The summed E-state index contributed by atoms with van der Waals surface area (Å²) in [5.74, 6) is 0.391. The molecule has 150 valence electrons. The summed E-state index contributed by atoms with van der Waals surface area (Å²) < 4.78 is 11.0. The standard InChI is InChI=1S/C22H19N5O3/c1-12(28)25-15-8-6-13(7-9-15)18-17(11-23)21(24)30-22-19(18)20(26-27-22)14-4-3-5-16(10-14)29-2/h3-10,18H,24H2,1-2H3,(H,25,28)(H,26,27)/t18-/m0/s1. The van der Waals surface area contributed by atoms with Gasteiger partial charge in [0.25, 0.3) is 0 Å². The van der Waals surface area contributed by atoms with Gasteiger partial charge in [0.05, 0.1) is 24.3 Å². The molecular weight excluding hydrogens is 382 g/mol. The number of nitrogens with one attached hydrogen (secondary N) is 2. The maximum Gasteiger partial charge on any atom is 0.244 e. The Hall–Kier alpha value is -4.25. The van der Waals surface area contributed by atoms with Gasteiger partial charge in [-0.05, 0) is 29.8 Å². The number of fused-ring (bicyclic) bond motifs is 1. The van der Waals surface area contributed by atoms with E-state index in [2.05, 4.69) is 21.6 Å². The molecule has 0 unspecified atom stereocenters. The fourth-order valence-corrected chi connectivity index (χ4v) is 3.54. The van der Waals surface area contributed by atoms with Crippen molar-refractivity contribution in [1.82, 2.24) is 10.2 Å². The Morgan fingerprint density at radius 3 is 2.73 bits per heavy atom. The summed E-state index contributed by atoms with van der Waals surface area (Å²) in [4.78, 5) is 11.3. The minimum absolute atomic E-state index is 0.0182. The minimum atomic E-state index is -0.481. The third-order valence-electron chi connectivity index (χ3n) is 4.86. The van der Waals surface area contributed by atoms with Crippen molar-refractivity contribution in [3.63, 3.8) is 0 Å². The number of nitrogens with zero attached hydrogens (tertiary/aromatic N) is 2. The van der Waals surface area contributed by atoms with Gasteiger partial charge in [0.15, 0.2) is 0 Å². The smallest absolute Gasteiger partial charge is 0.244 e. The van der Waals surface area contributed by atoms with Gasteiger partial charge in [-0.25, -0.2) is 0 Å². The maximum atomic E-state index is 11.3. The van der Waals surface area contributed by atoms with Crippen LogP contribution in [0, 0.1) is 11.3 Å². The first-order valence-electron chi connectivity index (χ1n) is 9.19. The lowest BCUT2D eigenvalue weighted by molar-refractivity contribution is -0.114. The molecule has 4 rings (SSSR count). The van der Waals surface area contributed by atoms with Gasteiger partial charge in [0.2, 0.25) is 17.7 Å². The second kappa shape index (κ2) is 7.64. The average molecular weight is 401 g/mol. The van der Waals surface area contributed by atoms with E-state index < -0.39 is 5.92 Å². The Morgan fingerprint density at radius 1 is 1.30 bits per heavy atom. The number of hydrogen-bond donors (Lipinski definition) is 3. The molecule has 1 aromatic heterocycles. The summed E-state index contributed by atoms with van der Waals surface area (Å²) in [5, 5.41) is 19.8. The largest absolute Gasteiger partial charge is 0.497 e. The van der Waals surface area contributed by atoms with Gasteiger partial charge in [0, 0.05) is 18.2 Å². The molecule has 0 saturated heterocycles. The molecule has 4 N–H and O–H groups in total. The van der Waals surface area contributed by atoms with E-state index in [1.165, 1.54) is 6.92 Å². The summed E-state index contributed by atoms with van der Waals surface area (Å²) in [5.41, 5.74) is 10.1. The van der Waals surface area contributed by atoms with E-state index in [-0.39, 0.29) is 11.8 Å². The molecule has 0 bridgehead atoms. The molecule has 30 heavy (non-hydrogen) atoms. The number of rotatable bonds is 4. The highest BCUT2D eigenvalue weighted by Gasteiger charge is 2.35. The normalized spacial score (nSPS) is 15.0. The zero-order valence-electron chi connectivity index (χ0n) is 16.4.